The van der Waals surface area contributed by atoms with E-state index >= 15 is 0 Å². The summed E-state index contributed by atoms with van der Waals surface area (Å²) in [6.45, 7) is 8.14. The Balaban J connectivity index is 3.57. The molecule has 0 saturated heterocycles. The van der Waals surface area contributed by atoms with Gasteiger partial charge in [-0.15, -0.1) is 0 Å². The van der Waals surface area contributed by atoms with E-state index in [0.29, 0.717) is 20.1 Å². The standard InChI is InChI=1S/C7H16NOP/c1-5(2)6(3)9-7(8)10-4/h5-6,8,10H,1-4H3. The van der Waals surface area contributed by atoms with Crippen molar-refractivity contribution in [2.75, 3.05) is 6.66 Å². The van der Waals surface area contributed by atoms with Crippen LogP contribution in [0.3, 0.4) is 0 Å². The highest BCUT2D eigenvalue weighted by molar-refractivity contribution is 7.56. The average molecular weight is 161 g/mol. The smallest absolute Gasteiger partial charge is 0.199 e. The van der Waals surface area contributed by atoms with Crippen LogP contribution in [0.25, 0.3) is 0 Å². The summed E-state index contributed by atoms with van der Waals surface area (Å²) >= 11 is 0. The maximum Gasteiger partial charge on any atom is 0.199 e. The molecule has 1 N–H and O–H groups in total. The zero-order valence-electron chi connectivity index (χ0n) is 7.06. The number of rotatable bonds is 3. The Bertz CT molecular complexity index is 114. The van der Waals surface area contributed by atoms with Gasteiger partial charge in [-0.25, -0.2) is 0 Å². The van der Waals surface area contributed by atoms with Crippen molar-refractivity contribution in [3.05, 3.63) is 0 Å². The summed E-state index contributed by atoms with van der Waals surface area (Å²) in [5, 5.41) is 7.25. The Kier molecular flexibility index (Phi) is 4.63. The van der Waals surface area contributed by atoms with Crippen LogP contribution in [0, 0.1) is 11.3 Å². The lowest BCUT2D eigenvalue weighted by molar-refractivity contribution is 0.162. The number of hydrogen-bond acceptors (Lipinski definition) is 2. The third-order valence-corrected chi connectivity index (χ3v) is 2.04. The number of nitrogens with one attached hydrogen (secondary N) is 1. The van der Waals surface area contributed by atoms with Crippen LogP contribution in [0.1, 0.15) is 20.8 Å². The molecular formula is C7H16NOP. The predicted molar refractivity (Wildman–Crippen MR) is 47.4 cm³/mol. The molecule has 0 amide bonds. The lowest BCUT2D eigenvalue weighted by Gasteiger charge is -2.17. The Morgan fingerprint density at radius 2 is 1.90 bits per heavy atom. The van der Waals surface area contributed by atoms with Gasteiger partial charge < -0.3 is 4.74 Å². The highest BCUT2D eigenvalue weighted by atomic mass is 31.1. The molecule has 0 heterocycles. The maximum absolute atomic E-state index is 7.25. The highest BCUT2D eigenvalue weighted by Gasteiger charge is 2.08. The second-order valence-electron chi connectivity index (χ2n) is 2.65. The fraction of sp³-hybridized carbons (Fsp3) is 0.857. The first-order chi connectivity index (χ1) is 4.57. The summed E-state index contributed by atoms with van der Waals surface area (Å²) in [7, 11) is 0.478. The zero-order chi connectivity index (χ0) is 8.15. The fourth-order valence-corrected chi connectivity index (χ4v) is 0.685. The first-order valence-corrected chi connectivity index (χ1v) is 5.01. The second-order valence-corrected chi connectivity index (χ2v) is 3.60. The summed E-state index contributed by atoms with van der Waals surface area (Å²) in [5.41, 5.74) is 0.418. The first-order valence-electron chi connectivity index (χ1n) is 3.51. The van der Waals surface area contributed by atoms with Gasteiger partial charge in [-0.3, -0.25) is 5.41 Å². The molecule has 0 aromatic rings. The van der Waals surface area contributed by atoms with Crippen molar-refractivity contribution in [3.63, 3.8) is 0 Å². The molecule has 0 aliphatic carbocycles. The quantitative estimate of drug-likeness (QED) is 0.384. The minimum atomic E-state index is 0.181. The normalized spacial score (nSPS) is 14.5. The van der Waals surface area contributed by atoms with Crippen molar-refractivity contribution in [1.82, 2.24) is 0 Å². The van der Waals surface area contributed by atoms with Crippen LogP contribution in [-0.4, -0.2) is 18.4 Å². The molecule has 0 saturated carbocycles. The van der Waals surface area contributed by atoms with E-state index in [-0.39, 0.29) is 6.10 Å². The topological polar surface area (TPSA) is 33.1 Å². The van der Waals surface area contributed by atoms with E-state index in [1.54, 1.807) is 0 Å². The maximum atomic E-state index is 7.25. The van der Waals surface area contributed by atoms with E-state index in [1.807, 2.05) is 13.6 Å². The van der Waals surface area contributed by atoms with E-state index < -0.39 is 0 Å². The van der Waals surface area contributed by atoms with Crippen LogP contribution in [0.4, 0.5) is 0 Å². The predicted octanol–water partition coefficient (Wildman–Crippen LogP) is 2.29. The van der Waals surface area contributed by atoms with Crippen molar-refractivity contribution >= 4 is 14.2 Å². The molecule has 0 aliphatic heterocycles. The Morgan fingerprint density at radius 1 is 1.40 bits per heavy atom. The van der Waals surface area contributed by atoms with E-state index in [0.717, 1.165) is 0 Å². The third-order valence-electron chi connectivity index (χ3n) is 1.47. The summed E-state index contributed by atoms with van der Waals surface area (Å²) in [5.74, 6) is 0.497. The molecule has 2 unspecified atom stereocenters. The number of hydrogen-bond donors (Lipinski definition) is 1. The van der Waals surface area contributed by atoms with Crippen LogP contribution in [0.5, 0.6) is 0 Å². The van der Waals surface area contributed by atoms with Gasteiger partial charge in [0, 0.05) is 0 Å². The van der Waals surface area contributed by atoms with Gasteiger partial charge in [0.2, 0.25) is 0 Å². The Morgan fingerprint density at radius 3 is 2.20 bits per heavy atom. The van der Waals surface area contributed by atoms with Crippen LogP contribution in [0.15, 0.2) is 0 Å². The summed E-state index contributed by atoms with van der Waals surface area (Å²) in [4.78, 5) is 0. The molecule has 0 aromatic heterocycles. The number of ether oxygens (including phenoxy) is 1. The van der Waals surface area contributed by atoms with Crippen molar-refractivity contribution in [2.45, 2.75) is 26.9 Å². The van der Waals surface area contributed by atoms with Crippen LogP contribution in [-0.2, 0) is 4.74 Å². The third kappa shape index (κ3) is 3.84. The molecular weight excluding hydrogens is 145 g/mol. The molecule has 0 aliphatic rings. The van der Waals surface area contributed by atoms with Crippen molar-refractivity contribution in [3.8, 4) is 0 Å². The minimum Gasteiger partial charge on any atom is -0.475 e. The molecule has 0 bridgehead atoms. The van der Waals surface area contributed by atoms with Gasteiger partial charge in [-0.1, -0.05) is 13.8 Å². The molecule has 0 rings (SSSR count). The van der Waals surface area contributed by atoms with Gasteiger partial charge in [0.05, 0.1) is 6.10 Å². The second kappa shape index (κ2) is 4.68. The molecule has 0 spiro atoms. The van der Waals surface area contributed by atoms with Crippen molar-refractivity contribution in [1.29, 1.82) is 5.41 Å². The van der Waals surface area contributed by atoms with Crippen LogP contribution in [0.2, 0.25) is 0 Å². The van der Waals surface area contributed by atoms with Crippen molar-refractivity contribution < 1.29 is 4.74 Å². The molecule has 60 valence electrons. The molecule has 2 nitrogen and oxygen atoms in total. The average Bonchev–Trinajstić information content (AvgIpc) is 1.87. The van der Waals surface area contributed by atoms with E-state index in [4.69, 9.17) is 10.1 Å². The molecule has 0 radical (unpaired) electrons. The summed E-state index contributed by atoms with van der Waals surface area (Å²) in [6.07, 6.45) is 0.181. The lowest BCUT2D eigenvalue weighted by atomic mass is 10.1. The molecule has 0 fully saturated rings. The Labute approximate surface area is 64.6 Å². The van der Waals surface area contributed by atoms with Gasteiger partial charge in [-0.2, -0.15) is 0 Å². The molecule has 0 aromatic carbocycles. The largest absolute Gasteiger partial charge is 0.475 e. The molecule has 3 heteroatoms. The highest BCUT2D eigenvalue weighted by Crippen LogP contribution is 2.12. The van der Waals surface area contributed by atoms with E-state index in [2.05, 4.69) is 13.8 Å². The molecule has 2 atom stereocenters. The van der Waals surface area contributed by atoms with Crippen molar-refractivity contribution in [2.24, 2.45) is 5.92 Å². The van der Waals surface area contributed by atoms with Crippen LogP contribution >= 0.6 is 8.58 Å². The van der Waals surface area contributed by atoms with Gasteiger partial charge in [0.1, 0.15) is 0 Å². The SMILES string of the molecule is CPC(=N)OC(C)C(C)C. The van der Waals surface area contributed by atoms with E-state index in [1.165, 1.54) is 0 Å². The zero-order valence-corrected chi connectivity index (χ0v) is 8.06. The van der Waals surface area contributed by atoms with Gasteiger partial charge in [0.25, 0.3) is 0 Å². The summed E-state index contributed by atoms with van der Waals surface area (Å²) < 4.78 is 5.26. The fourth-order valence-electron chi connectivity index (χ4n) is 0.381. The van der Waals surface area contributed by atoms with Crippen LogP contribution < -0.4 is 0 Å². The molecule has 10 heavy (non-hydrogen) atoms. The Hall–Kier alpha value is -0.100. The lowest BCUT2D eigenvalue weighted by Crippen LogP contribution is -2.17. The minimum absolute atomic E-state index is 0.181. The van der Waals surface area contributed by atoms with Gasteiger partial charge in [0.15, 0.2) is 5.64 Å². The van der Waals surface area contributed by atoms with Gasteiger partial charge in [-0.05, 0) is 28.1 Å². The monoisotopic (exact) mass is 161 g/mol. The van der Waals surface area contributed by atoms with E-state index in [9.17, 15) is 0 Å². The van der Waals surface area contributed by atoms with Gasteiger partial charge >= 0.3 is 0 Å². The summed E-state index contributed by atoms with van der Waals surface area (Å²) in [6, 6.07) is 0. The first kappa shape index (κ1) is 9.90.